The average molecular weight is 508 g/mol. The zero-order chi connectivity index (χ0) is 25.3. The molecule has 0 saturated carbocycles. The van der Waals surface area contributed by atoms with Gasteiger partial charge in [0.2, 0.25) is 11.8 Å². The van der Waals surface area contributed by atoms with Gasteiger partial charge in [-0.1, -0.05) is 18.2 Å². The van der Waals surface area contributed by atoms with Crippen LogP contribution in [-0.4, -0.2) is 59.1 Å². The number of halogens is 4. The molecule has 1 aromatic carbocycles. The summed E-state index contributed by atoms with van der Waals surface area (Å²) in [5.74, 6) is -2.87. The van der Waals surface area contributed by atoms with E-state index in [1.165, 1.54) is 7.11 Å². The molecular weight excluding hydrogens is 496 g/mol. The number of carbonyl (C=O) groups is 1. The van der Waals surface area contributed by atoms with E-state index in [0.717, 1.165) is 0 Å². The second-order valence-electron chi connectivity index (χ2n) is 5.43. The molecule has 0 radical (unpaired) electrons. The lowest BCUT2D eigenvalue weighted by atomic mass is 10.2. The predicted molar refractivity (Wildman–Crippen MR) is 101 cm³/mol. The molecule has 18 heteroatoms. The molecule has 0 unspecified atom stereocenters. The van der Waals surface area contributed by atoms with Crippen molar-refractivity contribution in [1.82, 2.24) is 24.4 Å². The molecule has 0 aliphatic rings. The summed E-state index contributed by atoms with van der Waals surface area (Å²) in [6.07, 6.45) is 0.635. The lowest BCUT2D eigenvalue weighted by Gasteiger charge is -2.08. The highest BCUT2D eigenvalue weighted by Gasteiger charge is 2.17. The number of hydrogen-bond acceptors (Lipinski definition) is 11. The van der Waals surface area contributed by atoms with Crippen LogP contribution in [0.25, 0.3) is 5.95 Å². The topological polar surface area (TPSA) is 157 Å². The predicted octanol–water partition coefficient (Wildman–Crippen LogP) is 1.33. The van der Waals surface area contributed by atoms with E-state index >= 15 is 0 Å². The van der Waals surface area contributed by atoms with Crippen molar-refractivity contribution < 1.29 is 45.0 Å². The normalized spacial score (nSPS) is 10.3. The molecule has 0 atom stereocenters. The Bertz CT molecular complexity index is 1280. The van der Waals surface area contributed by atoms with E-state index in [1.54, 1.807) is 24.3 Å². The summed E-state index contributed by atoms with van der Waals surface area (Å²) in [6.45, 7) is -6.70. The molecule has 2 aromatic heterocycles. The van der Waals surface area contributed by atoms with Crippen molar-refractivity contribution in [1.29, 1.82) is 0 Å². The van der Waals surface area contributed by atoms with E-state index in [4.69, 9.17) is 0 Å². The van der Waals surface area contributed by atoms with Crippen molar-refractivity contribution in [3.63, 3.8) is 0 Å². The number of esters is 1. The maximum Gasteiger partial charge on any atom is 0.388 e. The van der Waals surface area contributed by atoms with Crippen LogP contribution in [-0.2, 0) is 15.2 Å². The van der Waals surface area contributed by atoms with Crippen molar-refractivity contribution in [2.24, 2.45) is 4.47 Å². The van der Waals surface area contributed by atoms with E-state index in [-0.39, 0.29) is 10.6 Å². The Labute approximate surface area is 187 Å². The molecule has 0 N–H and O–H groups in total. The zero-order valence-electron chi connectivity index (χ0n) is 16.7. The Balaban J connectivity index is 0.000000340. The maximum atomic E-state index is 12.2. The minimum atomic E-state index is -3.35. The van der Waals surface area contributed by atoms with Crippen LogP contribution >= 0.6 is 0 Å². The number of carbonyl (C=O) groups excluding carboxylic acids is 1. The first-order valence-electron chi connectivity index (χ1n) is 8.51. The third-order valence-electron chi connectivity index (χ3n) is 3.28. The minimum Gasteiger partial charge on any atom is -0.465 e. The van der Waals surface area contributed by atoms with Gasteiger partial charge in [-0.2, -0.15) is 40.6 Å². The fraction of sp³-hybridized carbons (Fsp3) is 0.188. The van der Waals surface area contributed by atoms with Gasteiger partial charge in [0.15, 0.2) is 0 Å². The molecule has 3 rings (SSSR count). The van der Waals surface area contributed by atoms with Crippen molar-refractivity contribution in [3.05, 3.63) is 58.8 Å². The minimum absolute atomic E-state index is 0.251. The third kappa shape index (κ3) is 7.65. The molecule has 13 nitrogen and oxygen atoms in total. The largest absolute Gasteiger partial charge is 0.465 e. The van der Waals surface area contributed by atoms with Gasteiger partial charge in [0.1, 0.15) is 6.33 Å². The number of nitrogens with zero attached hydrogens (tertiary/aromatic N) is 6. The van der Waals surface area contributed by atoms with Crippen LogP contribution in [0.2, 0.25) is 0 Å². The van der Waals surface area contributed by atoms with Gasteiger partial charge < -0.3 is 14.2 Å². The summed E-state index contributed by atoms with van der Waals surface area (Å²) in [7, 11) is -1.63. The van der Waals surface area contributed by atoms with Crippen LogP contribution in [0.5, 0.6) is 11.8 Å². The van der Waals surface area contributed by atoms with Crippen molar-refractivity contribution in [3.8, 4) is 17.7 Å². The van der Waals surface area contributed by atoms with Gasteiger partial charge in [0.05, 0.1) is 18.7 Å². The van der Waals surface area contributed by atoms with Crippen LogP contribution in [0, 0.1) is 0 Å². The van der Waals surface area contributed by atoms with Gasteiger partial charge in [-0.25, -0.2) is 9.59 Å². The number of hydrogen-bond donors (Lipinski definition) is 0. The Morgan fingerprint density at radius 1 is 1.03 bits per heavy atom. The van der Waals surface area contributed by atoms with Crippen molar-refractivity contribution in [2.75, 3.05) is 7.11 Å². The summed E-state index contributed by atoms with van der Waals surface area (Å²) >= 11 is 0. The molecule has 34 heavy (non-hydrogen) atoms. The highest BCUT2D eigenvalue weighted by molar-refractivity contribution is 7.61. The van der Waals surface area contributed by atoms with Gasteiger partial charge >= 0.3 is 35.4 Å². The number of alkyl halides is 4. The number of aromatic nitrogens is 5. The first-order valence-corrected chi connectivity index (χ1v) is 9.54. The standard InChI is InChI=1S/C8H4F4N6O5S.C8H8O2/c9-5(10)22-3-1-4(23-6(11)12)15-7(14-3)18-8(19)17(2-13-18)16-24(20)21;1-10-8(9)7-5-3-2-4-6-7/h1-2,5-6H;2-6H,1H3. The summed E-state index contributed by atoms with van der Waals surface area (Å²) in [5.41, 5.74) is -0.638. The number of methoxy groups -OCH3 is 1. The number of rotatable bonds is 7. The Kier molecular flexibility index (Phi) is 9.18. The zero-order valence-corrected chi connectivity index (χ0v) is 17.5. The lowest BCUT2D eigenvalue weighted by molar-refractivity contribution is -0.0582. The molecule has 0 fully saturated rings. The molecule has 0 bridgehead atoms. The lowest BCUT2D eigenvalue weighted by Crippen LogP contribution is -2.23. The monoisotopic (exact) mass is 508 g/mol. The molecule has 2 heterocycles. The smallest absolute Gasteiger partial charge is 0.388 e. The molecule has 0 aliphatic heterocycles. The molecule has 0 saturated heterocycles. The van der Waals surface area contributed by atoms with Crippen LogP contribution in [0.3, 0.4) is 0 Å². The number of ether oxygens (including phenoxy) is 3. The molecule has 0 spiro atoms. The summed E-state index contributed by atoms with van der Waals surface area (Å²) in [5, 5.41) is 3.37. The van der Waals surface area contributed by atoms with Gasteiger partial charge in [-0.3, -0.25) is 0 Å². The van der Waals surface area contributed by atoms with Gasteiger partial charge in [0.25, 0.3) is 5.95 Å². The fourth-order valence-corrected chi connectivity index (χ4v) is 2.30. The third-order valence-corrected chi connectivity index (χ3v) is 3.59. The second-order valence-corrected chi connectivity index (χ2v) is 6.03. The van der Waals surface area contributed by atoms with Crippen LogP contribution in [0.15, 0.2) is 52.0 Å². The fourth-order valence-electron chi connectivity index (χ4n) is 2.04. The highest BCUT2D eigenvalue weighted by atomic mass is 32.2. The SMILES string of the molecule is COC(=O)c1ccccc1.O=c1n(N=S(=O)=O)cnn1-c1nc(OC(F)F)cc(OC(F)F)n1. The average Bonchev–Trinajstić information content (AvgIpc) is 3.12. The Hall–Kier alpha value is -4.35. The molecular formula is C16H12F4N6O7S. The first kappa shape index (κ1) is 25.9. The molecule has 3 aromatic rings. The van der Waals surface area contributed by atoms with Crippen LogP contribution in [0.1, 0.15) is 10.4 Å². The summed E-state index contributed by atoms with van der Waals surface area (Å²) < 4.78 is 85.5. The Morgan fingerprint density at radius 3 is 2.06 bits per heavy atom. The van der Waals surface area contributed by atoms with Crippen molar-refractivity contribution >= 4 is 16.5 Å². The molecule has 182 valence electrons. The van der Waals surface area contributed by atoms with Crippen LogP contribution < -0.4 is 15.2 Å². The van der Waals surface area contributed by atoms with Crippen molar-refractivity contribution in [2.45, 2.75) is 13.2 Å². The summed E-state index contributed by atoms with van der Waals surface area (Å²) in [6, 6.07) is 9.41. The van der Waals surface area contributed by atoms with E-state index < -0.39 is 47.1 Å². The van der Waals surface area contributed by atoms with Crippen LogP contribution in [0.4, 0.5) is 17.6 Å². The summed E-state index contributed by atoms with van der Waals surface area (Å²) in [4.78, 5) is 29.3. The van der Waals surface area contributed by atoms with E-state index in [1.807, 2.05) is 6.07 Å². The van der Waals surface area contributed by atoms with Gasteiger partial charge in [-0.15, -0.1) is 9.78 Å². The van der Waals surface area contributed by atoms with E-state index in [2.05, 4.69) is 33.7 Å². The van der Waals surface area contributed by atoms with Gasteiger partial charge in [0, 0.05) is 0 Å². The second kappa shape index (κ2) is 12.0. The van der Waals surface area contributed by atoms with Gasteiger partial charge in [-0.05, 0) is 16.6 Å². The van der Waals surface area contributed by atoms with E-state index in [0.29, 0.717) is 22.6 Å². The number of benzene rings is 1. The maximum absolute atomic E-state index is 12.2. The molecule has 0 amide bonds. The molecule has 0 aliphatic carbocycles. The van der Waals surface area contributed by atoms with E-state index in [9.17, 15) is 35.6 Å². The quantitative estimate of drug-likeness (QED) is 0.337. The first-order chi connectivity index (χ1) is 16.1. The Morgan fingerprint density at radius 2 is 1.59 bits per heavy atom. The highest BCUT2D eigenvalue weighted by Crippen LogP contribution is 2.20.